The lowest BCUT2D eigenvalue weighted by Gasteiger charge is -2.29. The van der Waals surface area contributed by atoms with Gasteiger partial charge >= 0.3 is 0 Å². The molecule has 4 aromatic carbocycles. The predicted octanol–water partition coefficient (Wildman–Crippen LogP) is 0.971. The van der Waals surface area contributed by atoms with Crippen LogP contribution in [0.15, 0.2) is 122 Å². The summed E-state index contributed by atoms with van der Waals surface area (Å²) in [5.74, 6) is -7.33. The maximum Gasteiger partial charge on any atom is 0.245 e. The molecular formula is C55H63ClN12O9S2. The van der Waals surface area contributed by atoms with Gasteiger partial charge in [0.15, 0.2) is 0 Å². The number of nitrogens with one attached hydrogen (secondary N) is 8. The summed E-state index contributed by atoms with van der Waals surface area (Å²) in [6.45, 7) is 1.10. The third-order valence-corrected chi connectivity index (χ3v) is 15.8. The summed E-state index contributed by atoms with van der Waals surface area (Å²) in [5.41, 5.74) is 21.5. The van der Waals surface area contributed by atoms with E-state index in [4.69, 9.17) is 28.8 Å². The van der Waals surface area contributed by atoms with Crippen molar-refractivity contribution in [2.24, 2.45) is 17.2 Å². The van der Waals surface area contributed by atoms with Crippen molar-refractivity contribution in [1.82, 2.24) is 47.2 Å². The van der Waals surface area contributed by atoms with E-state index in [1.54, 1.807) is 54.7 Å². The number of aliphatic hydroxyl groups excluding tert-OH is 1. The summed E-state index contributed by atoms with van der Waals surface area (Å²) >= 11 is 6.09. The maximum absolute atomic E-state index is 14.8. The number of amides is 8. The number of aromatic amines is 1. The van der Waals surface area contributed by atoms with Crippen LogP contribution in [0.25, 0.3) is 21.7 Å². The smallest absolute Gasteiger partial charge is 0.245 e. The Balaban J connectivity index is 1.23. The number of nitrogens with zero attached hydrogens (tertiary/aromatic N) is 1. The van der Waals surface area contributed by atoms with Gasteiger partial charge in [0.1, 0.15) is 42.3 Å². The minimum atomic E-state index is -1.72. The quantitative estimate of drug-likeness (QED) is 0.0602. The van der Waals surface area contributed by atoms with Gasteiger partial charge in [0.25, 0.3) is 0 Å². The Bertz CT molecular complexity index is 3130. The molecule has 3 unspecified atom stereocenters. The van der Waals surface area contributed by atoms with Crippen molar-refractivity contribution in [3.8, 4) is 0 Å². The van der Waals surface area contributed by atoms with Gasteiger partial charge in [0, 0.05) is 65.3 Å². The van der Waals surface area contributed by atoms with Crippen LogP contribution < -0.4 is 54.4 Å². The van der Waals surface area contributed by atoms with Gasteiger partial charge in [-0.3, -0.25) is 43.3 Å². The number of H-pyrrole nitrogens is 1. The van der Waals surface area contributed by atoms with E-state index in [1.807, 2.05) is 54.6 Å². The highest BCUT2D eigenvalue weighted by molar-refractivity contribution is 8.76. The number of fused-ring (bicyclic) bond motifs is 2. The summed E-state index contributed by atoms with van der Waals surface area (Å²) < 4.78 is 0. The average molecular weight is 1140 g/mol. The van der Waals surface area contributed by atoms with Crippen LogP contribution in [0.5, 0.6) is 0 Å². The number of hydrogen-bond donors (Lipinski definition) is 12. The molecule has 0 spiro atoms. The fourth-order valence-electron chi connectivity index (χ4n) is 8.81. The summed E-state index contributed by atoms with van der Waals surface area (Å²) in [6.07, 6.45) is 2.77. The molecule has 6 aromatic rings. The van der Waals surface area contributed by atoms with Crippen LogP contribution in [-0.2, 0) is 64.0 Å². The molecule has 1 aliphatic rings. The molecule has 24 heteroatoms. The van der Waals surface area contributed by atoms with Crippen molar-refractivity contribution in [3.05, 3.63) is 149 Å². The number of halogens is 1. The van der Waals surface area contributed by atoms with Gasteiger partial charge in [-0.15, -0.1) is 0 Å². The highest BCUT2D eigenvalue weighted by Gasteiger charge is 2.36. The first-order valence-electron chi connectivity index (χ1n) is 25.4. The van der Waals surface area contributed by atoms with Gasteiger partial charge < -0.3 is 64.5 Å². The molecule has 0 aliphatic carbocycles. The van der Waals surface area contributed by atoms with E-state index >= 15 is 0 Å². The number of carbonyl (C=O) groups excluding carboxylic acids is 8. The molecule has 8 amide bonds. The lowest BCUT2D eigenvalue weighted by molar-refractivity contribution is -0.136. The molecule has 416 valence electrons. The molecule has 1 aliphatic heterocycles. The zero-order chi connectivity index (χ0) is 56.6. The first kappa shape index (κ1) is 59.1. The molecule has 2 aromatic heterocycles. The van der Waals surface area contributed by atoms with Crippen LogP contribution >= 0.6 is 33.2 Å². The monoisotopic (exact) mass is 1130 g/mol. The normalized spacial score (nSPS) is 21.3. The number of nitrogens with two attached hydrogens (primary N) is 3. The van der Waals surface area contributed by atoms with Gasteiger partial charge in [-0.25, -0.2) is 0 Å². The minimum Gasteiger partial charge on any atom is -0.391 e. The highest BCUT2D eigenvalue weighted by atomic mass is 35.5. The fourth-order valence-corrected chi connectivity index (χ4v) is 11.3. The number of aliphatic hydroxyl groups is 1. The maximum atomic E-state index is 14.8. The van der Waals surface area contributed by atoms with Crippen molar-refractivity contribution >= 4 is 102 Å². The van der Waals surface area contributed by atoms with Gasteiger partial charge in [-0.05, 0) is 83.6 Å². The second kappa shape index (κ2) is 28.4. The van der Waals surface area contributed by atoms with Gasteiger partial charge in [0.2, 0.25) is 47.3 Å². The van der Waals surface area contributed by atoms with Gasteiger partial charge in [0.05, 0.1) is 12.1 Å². The van der Waals surface area contributed by atoms with E-state index < -0.39 is 102 Å². The van der Waals surface area contributed by atoms with Gasteiger partial charge in [-0.2, -0.15) is 0 Å². The molecule has 15 N–H and O–H groups in total. The Morgan fingerprint density at radius 3 is 2.10 bits per heavy atom. The summed E-state index contributed by atoms with van der Waals surface area (Å²) in [5, 5.41) is 32.8. The van der Waals surface area contributed by atoms with Crippen LogP contribution in [0.4, 0.5) is 0 Å². The second-order valence-corrected chi connectivity index (χ2v) is 22.1. The molecule has 21 nitrogen and oxygen atoms in total. The Hall–Kier alpha value is -7.54. The summed E-state index contributed by atoms with van der Waals surface area (Å²) in [6, 6.07) is 19.1. The Morgan fingerprint density at radius 2 is 1.39 bits per heavy atom. The van der Waals surface area contributed by atoms with Crippen molar-refractivity contribution < 1.29 is 43.5 Å². The van der Waals surface area contributed by atoms with Crippen molar-refractivity contribution in [1.29, 1.82) is 0 Å². The lowest BCUT2D eigenvalue weighted by Crippen LogP contribution is -2.62. The largest absolute Gasteiger partial charge is 0.391 e. The molecule has 0 saturated carbocycles. The Labute approximate surface area is 468 Å². The topological polar surface area (TPSA) is 348 Å². The molecule has 9 atom stereocenters. The van der Waals surface area contributed by atoms with E-state index in [1.165, 1.54) is 19.3 Å². The van der Waals surface area contributed by atoms with Crippen LogP contribution in [0.1, 0.15) is 35.6 Å². The summed E-state index contributed by atoms with van der Waals surface area (Å²) in [4.78, 5) is 121. The number of aromatic nitrogens is 2. The van der Waals surface area contributed by atoms with Gasteiger partial charge in [-0.1, -0.05) is 112 Å². The number of rotatable bonds is 16. The molecule has 3 heterocycles. The minimum absolute atomic E-state index is 0.0197. The number of benzene rings is 4. The van der Waals surface area contributed by atoms with Crippen molar-refractivity contribution in [3.63, 3.8) is 0 Å². The standard InChI is InChI=1S/C55H63ClN12O9S2/c1-30(69)47-55(77)67-46(53(75)63-42(48(59)70)23-32-12-15-34-8-2-3-9-35(34)21-32)29-79-78-28-45(66-49(71)39(58)22-31-13-16-37(56)17-14-31)54(76)64-43(24-33-7-6-20-60-26-33)51(73)65-44(52(74)62-41(18-19-57)50(72)68-47)25-36-27-61-40-11-5-4-10-38(36)40/h2-17,20-21,26-27,30,39,41-47,61,69H,18-19,22-25,28-29,57-58H2,1H3,(H2,59,70)(H,62,74)(H,63,75)(H,64,76)(H,65,73)(H,66,71)(H,67,77)(H,68,72)/t30-,39+,41-,42+,43+,44?,45?,46?,47+/m1/s1. The molecule has 7 rings (SSSR count). The number of primary amides is 1. The van der Waals surface area contributed by atoms with E-state index in [9.17, 15) is 43.5 Å². The third kappa shape index (κ3) is 16.7. The molecular weight excluding hydrogens is 1070 g/mol. The molecule has 0 bridgehead atoms. The van der Waals surface area contributed by atoms with E-state index in [0.29, 0.717) is 27.3 Å². The molecule has 79 heavy (non-hydrogen) atoms. The first-order valence-corrected chi connectivity index (χ1v) is 28.3. The Kier molecular flexibility index (Phi) is 21.2. The summed E-state index contributed by atoms with van der Waals surface area (Å²) in [7, 11) is 2.01. The van der Waals surface area contributed by atoms with Crippen LogP contribution in [0.2, 0.25) is 5.02 Å². The van der Waals surface area contributed by atoms with E-state index in [0.717, 1.165) is 43.3 Å². The zero-order valence-corrected chi connectivity index (χ0v) is 45.4. The SMILES string of the molecule is C[C@@H](O)[C@@H]1NC(=O)[C@@H](CCN)NC(=O)C(Cc2c[nH]c3ccccc23)NC(=O)[C@H](Cc2cccnc2)NC(=O)C(NC(=O)[C@@H](N)Cc2ccc(Cl)cc2)CSSCC(C(=O)N[C@@H](Cc2ccc3ccccc3c2)C(N)=O)NC1=O. The first-order chi connectivity index (χ1) is 38.0. The lowest BCUT2D eigenvalue weighted by atomic mass is 10.0. The van der Waals surface area contributed by atoms with Crippen LogP contribution in [-0.4, -0.2) is 135 Å². The highest BCUT2D eigenvalue weighted by Crippen LogP contribution is 2.25. The number of pyridine rings is 1. The Morgan fingerprint density at radius 1 is 0.734 bits per heavy atom. The van der Waals surface area contributed by atoms with Crippen LogP contribution in [0, 0.1) is 0 Å². The third-order valence-electron chi connectivity index (χ3n) is 13.1. The number of hydrogen-bond acceptors (Lipinski definition) is 14. The van der Waals surface area contributed by atoms with E-state index in [-0.39, 0.29) is 50.2 Å². The fraction of sp³-hybridized carbons (Fsp3) is 0.327. The van der Waals surface area contributed by atoms with Crippen LogP contribution in [0.3, 0.4) is 0 Å². The predicted molar refractivity (Wildman–Crippen MR) is 304 cm³/mol. The zero-order valence-electron chi connectivity index (χ0n) is 43.0. The number of para-hydroxylation sites is 1. The number of carbonyl (C=O) groups is 8. The van der Waals surface area contributed by atoms with Crippen molar-refractivity contribution in [2.45, 2.75) is 93.5 Å². The molecule has 1 saturated heterocycles. The van der Waals surface area contributed by atoms with E-state index in [2.05, 4.69) is 47.2 Å². The molecule has 1 fully saturated rings. The molecule has 0 radical (unpaired) electrons. The average Bonchev–Trinajstić information content (AvgIpc) is 3.85. The second-order valence-electron chi connectivity index (χ2n) is 19.1. The van der Waals surface area contributed by atoms with Crippen molar-refractivity contribution in [2.75, 3.05) is 18.1 Å².